The van der Waals surface area contributed by atoms with E-state index >= 15 is 0 Å². The molecule has 92 valence electrons. The van der Waals surface area contributed by atoms with E-state index in [0.29, 0.717) is 28.5 Å². The molecule has 0 saturated carbocycles. The summed E-state index contributed by atoms with van der Waals surface area (Å²) in [6.45, 7) is 0. The van der Waals surface area contributed by atoms with Gasteiger partial charge in [0.05, 0.1) is 17.3 Å². The largest absolute Gasteiger partial charge is 0.434 e. The lowest BCUT2D eigenvalue weighted by Gasteiger charge is -2.07. The van der Waals surface area contributed by atoms with Gasteiger partial charge in [-0.15, -0.1) is 10.2 Å². The lowest BCUT2D eigenvalue weighted by atomic mass is 10.2. The SMILES string of the molecule is N#Cc1ccc(Oc2nccn3cnnc23)c(N)c1. The maximum absolute atomic E-state index is 8.78. The van der Waals surface area contributed by atoms with E-state index in [1.807, 2.05) is 6.07 Å². The Labute approximate surface area is 107 Å². The Morgan fingerprint density at radius 3 is 3.05 bits per heavy atom. The van der Waals surface area contributed by atoms with Gasteiger partial charge in [-0.1, -0.05) is 0 Å². The lowest BCUT2D eigenvalue weighted by Crippen LogP contribution is -1.96. The number of aromatic nitrogens is 4. The van der Waals surface area contributed by atoms with Crippen LogP contribution in [0, 0.1) is 11.3 Å². The summed E-state index contributed by atoms with van der Waals surface area (Å²) >= 11 is 0. The van der Waals surface area contributed by atoms with E-state index in [9.17, 15) is 0 Å². The monoisotopic (exact) mass is 252 g/mol. The molecule has 0 aliphatic heterocycles. The molecule has 2 N–H and O–H groups in total. The van der Waals surface area contributed by atoms with Gasteiger partial charge in [0.15, 0.2) is 5.75 Å². The predicted octanol–water partition coefficient (Wildman–Crippen LogP) is 1.37. The van der Waals surface area contributed by atoms with Crippen LogP contribution in [0.15, 0.2) is 36.9 Å². The number of nitrogens with zero attached hydrogens (tertiary/aromatic N) is 5. The average Bonchev–Trinajstić information content (AvgIpc) is 2.90. The van der Waals surface area contributed by atoms with E-state index in [0.717, 1.165) is 0 Å². The predicted molar refractivity (Wildman–Crippen MR) is 66.4 cm³/mol. The summed E-state index contributed by atoms with van der Waals surface area (Å²) in [4.78, 5) is 4.09. The fourth-order valence-electron chi connectivity index (χ4n) is 1.62. The third kappa shape index (κ3) is 1.91. The molecule has 3 aromatic rings. The number of nitrogen functional groups attached to an aromatic ring is 1. The van der Waals surface area contributed by atoms with Crippen molar-refractivity contribution in [2.24, 2.45) is 0 Å². The zero-order valence-electron chi connectivity index (χ0n) is 9.69. The number of nitriles is 1. The minimum atomic E-state index is 0.302. The maximum Gasteiger partial charge on any atom is 0.265 e. The smallest absolute Gasteiger partial charge is 0.265 e. The molecule has 0 spiro atoms. The number of ether oxygens (including phenoxy) is 1. The molecule has 3 rings (SSSR count). The number of fused-ring (bicyclic) bond motifs is 1. The van der Waals surface area contributed by atoms with Crippen molar-refractivity contribution in [2.75, 3.05) is 5.73 Å². The molecule has 0 unspecified atom stereocenters. The molecule has 0 radical (unpaired) electrons. The van der Waals surface area contributed by atoms with Gasteiger partial charge in [0.2, 0.25) is 5.65 Å². The molecule has 0 bridgehead atoms. The highest BCUT2D eigenvalue weighted by atomic mass is 16.5. The fourth-order valence-corrected chi connectivity index (χ4v) is 1.62. The van der Waals surface area contributed by atoms with Gasteiger partial charge >= 0.3 is 0 Å². The van der Waals surface area contributed by atoms with Gasteiger partial charge in [0.25, 0.3) is 5.88 Å². The van der Waals surface area contributed by atoms with Crippen molar-refractivity contribution in [3.63, 3.8) is 0 Å². The quantitative estimate of drug-likeness (QED) is 0.691. The number of nitrogens with two attached hydrogens (primary N) is 1. The van der Waals surface area contributed by atoms with Crippen LogP contribution < -0.4 is 10.5 Å². The Balaban J connectivity index is 2.02. The molecule has 1 aromatic carbocycles. The van der Waals surface area contributed by atoms with E-state index in [-0.39, 0.29) is 0 Å². The second-order valence-electron chi connectivity index (χ2n) is 3.76. The Kier molecular flexibility index (Phi) is 2.47. The topological polar surface area (TPSA) is 102 Å². The molecule has 0 fully saturated rings. The zero-order chi connectivity index (χ0) is 13.2. The van der Waals surface area contributed by atoms with E-state index in [1.54, 1.807) is 41.3 Å². The summed E-state index contributed by atoms with van der Waals surface area (Å²) in [5.41, 5.74) is 7.14. The Bertz CT molecular complexity index is 788. The Morgan fingerprint density at radius 2 is 2.26 bits per heavy atom. The first-order valence-electron chi connectivity index (χ1n) is 5.40. The van der Waals surface area contributed by atoms with Gasteiger partial charge in [0.1, 0.15) is 6.33 Å². The van der Waals surface area contributed by atoms with Gasteiger partial charge in [-0.05, 0) is 18.2 Å². The van der Waals surface area contributed by atoms with Crippen LogP contribution in [0.25, 0.3) is 5.65 Å². The van der Waals surface area contributed by atoms with Gasteiger partial charge in [0, 0.05) is 12.4 Å². The highest BCUT2D eigenvalue weighted by Crippen LogP contribution is 2.28. The Hall–Kier alpha value is -3.14. The van der Waals surface area contributed by atoms with Crippen molar-refractivity contribution in [3.05, 3.63) is 42.5 Å². The molecule has 7 heteroatoms. The average molecular weight is 252 g/mol. The maximum atomic E-state index is 8.78. The zero-order valence-corrected chi connectivity index (χ0v) is 9.69. The van der Waals surface area contributed by atoms with Crippen LogP contribution in [0.3, 0.4) is 0 Å². The van der Waals surface area contributed by atoms with Crippen LogP contribution in [0.4, 0.5) is 5.69 Å². The van der Waals surface area contributed by atoms with Crippen LogP contribution >= 0.6 is 0 Å². The number of benzene rings is 1. The third-order valence-electron chi connectivity index (χ3n) is 2.53. The van der Waals surface area contributed by atoms with Gasteiger partial charge in [-0.2, -0.15) is 5.26 Å². The molecule has 0 aliphatic rings. The minimum Gasteiger partial charge on any atom is -0.434 e. The molecule has 0 amide bonds. The van der Waals surface area contributed by atoms with E-state index < -0.39 is 0 Å². The first-order valence-corrected chi connectivity index (χ1v) is 5.40. The molecular weight excluding hydrogens is 244 g/mol. The molecular formula is C12H8N6O. The second kappa shape index (κ2) is 4.27. The molecule has 19 heavy (non-hydrogen) atoms. The molecule has 2 heterocycles. The van der Waals surface area contributed by atoms with E-state index in [1.165, 1.54) is 0 Å². The summed E-state index contributed by atoms with van der Waals surface area (Å²) in [5.74, 6) is 0.721. The van der Waals surface area contributed by atoms with Crippen molar-refractivity contribution in [1.29, 1.82) is 5.26 Å². The highest BCUT2D eigenvalue weighted by molar-refractivity contribution is 5.59. The first-order chi connectivity index (χ1) is 9.28. The number of hydrogen-bond donors (Lipinski definition) is 1. The minimum absolute atomic E-state index is 0.302. The summed E-state index contributed by atoms with van der Waals surface area (Å²) in [7, 11) is 0. The summed E-state index contributed by atoms with van der Waals surface area (Å²) in [5, 5.41) is 16.5. The molecule has 0 saturated heterocycles. The van der Waals surface area contributed by atoms with Crippen molar-refractivity contribution < 1.29 is 4.74 Å². The van der Waals surface area contributed by atoms with Crippen LogP contribution in [-0.2, 0) is 0 Å². The number of hydrogen-bond acceptors (Lipinski definition) is 6. The standard InChI is InChI=1S/C12H8N6O/c13-6-8-1-2-10(9(14)5-8)19-12-11-17-16-7-18(11)4-3-15-12/h1-5,7H,14H2. The number of rotatable bonds is 2. The number of anilines is 1. The van der Waals surface area contributed by atoms with Gasteiger partial charge in [-0.3, -0.25) is 4.40 Å². The second-order valence-corrected chi connectivity index (χ2v) is 3.76. The highest BCUT2D eigenvalue weighted by Gasteiger charge is 2.09. The molecule has 2 aromatic heterocycles. The van der Waals surface area contributed by atoms with Gasteiger partial charge in [-0.25, -0.2) is 4.98 Å². The molecule has 7 nitrogen and oxygen atoms in total. The summed E-state index contributed by atoms with van der Waals surface area (Å²) < 4.78 is 7.29. The first kappa shape index (κ1) is 11.0. The van der Waals surface area contributed by atoms with Crippen LogP contribution in [0.1, 0.15) is 5.56 Å². The van der Waals surface area contributed by atoms with E-state index in [4.69, 9.17) is 15.7 Å². The van der Waals surface area contributed by atoms with Crippen molar-refractivity contribution >= 4 is 11.3 Å². The molecule has 0 atom stereocenters. The lowest BCUT2D eigenvalue weighted by molar-refractivity contribution is 0.467. The van der Waals surface area contributed by atoms with Crippen LogP contribution in [0.5, 0.6) is 11.6 Å². The summed E-state index contributed by atoms with van der Waals surface area (Å²) in [6, 6.07) is 6.79. The van der Waals surface area contributed by atoms with Crippen molar-refractivity contribution in [1.82, 2.24) is 19.6 Å². The normalized spacial score (nSPS) is 10.3. The van der Waals surface area contributed by atoms with E-state index in [2.05, 4.69) is 15.2 Å². The van der Waals surface area contributed by atoms with Crippen LogP contribution in [0.2, 0.25) is 0 Å². The Morgan fingerprint density at radius 1 is 1.37 bits per heavy atom. The van der Waals surface area contributed by atoms with Gasteiger partial charge < -0.3 is 10.5 Å². The molecule has 0 aliphatic carbocycles. The summed E-state index contributed by atoms with van der Waals surface area (Å²) in [6.07, 6.45) is 4.84. The van der Waals surface area contributed by atoms with Crippen molar-refractivity contribution in [2.45, 2.75) is 0 Å². The fraction of sp³-hybridized carbons (Fsp3) is 0. The van der Waals surface area contributed by atoms with Crippen molar-refractivity contribution in [3.8, 4) is 17.7 Å². The van der Waals surface area contributed by atoms with Crippen LogP contribution in [-0.4, -0.2) is 19.6 Å². The third-order valence-corrected chi connectivity index (χ3v) is 2.53.